The number of carboxylic acid groups (broad SMARTS) is 1. The molecule has 20 heteroatoms. The summed E-state index contributed by atoms with van der Waals surface area (Å²) in [7, 11) is 2.73. The predicted molar refractivity (Wildman–Crippen MR) is 254 cm³/mol. The van der Waals surface area contributed by atoms with Gasteiger partial charge in [-0.1, -0.05) is 101 Å². The van der Waals surface area contributed by atoms with Gasteiger partial charge in [0.15, 0.2) is 0 Å². The number of rotatable bonds is 27. The molecule has 3 rings (SSSR count). The van der Waals surface area contributed by atoms with E-state index in [1.54, 1.807) is 88.4 Å². The third-order valence-corrected chi connectivity index (χ3v) is 12.9. The number of nitrogens with two attached hydrogens (primary N) is 1. The van der Waals surface area contributed by atoms with Crippen molar-refractivity contribution in [3.05, 3.63) is 71.8 Å². The molecule has 0 unspecified atom stereocenters. The van der Waals surface area contributed by atoms with Gasteiger partial charge in [-0.05, 0) is 55.6 Å². The van der Waals surface area contributed by atoms with E-state index >= 15 is 0 Å². The standard InChI is InChI=1S/C49H72N8O12/c1-8-29(3)42(46(65)51-28-41(62)55(6)37(26-33-19-14-11-15-20-33)47(66)57-24-16-21-36(57)49(68)69)53-40(61)27-38(59)34(25-32-17-12-10-13-18-32)52-45(64)35(22-23-39(50)60)56(7)48(67)43(30(4)9-2)54-44(63)31(5)58/h10-15,17-20,29-31,34-38,42-43,58-59H,8-9,16,21-28H2,1-7H3,(H2,50,60)(H,51,65)(H,52,64)(H,53,61)(H,54,63)(H,68,69)/t29-,30-,31-,34-,35-,36-,37+,38-,42-,43-/m0/s1. The number of carbonyl (C=O) groups is 9. The largest absolute Gasteiger partial charge is 0.480 e. The number of aliphatic hydroxyl groups is 2. The molecular weight excluding hydrogens is 893 g/mol. The predicted octanol–water partition coefficient (Wildman–Crippen LogP) is 0.262. The minimum Gasteiger partial charge on any atom is -0.480 e. The summed E-state index contributed by atoms with van der Waals surface area (Å²) in [5.41, 5.74) is 6.85. The number of aliphatic carboxylic acids is 1. The highest BCUT2D eigenvalue weighted by molar-refractivity contribution is 5.95. The number of hydrogen-bond donors (Lipinski definition) is 8. The fraction of sp³-hybridized carbons (Fsp3) is 0.571. The number of nitrogens with one attached hydrogen (secondary N) is 4. The zero-order valence-corrected chi connectivity index (χ0v) is 40.8. The lowest BCUT2D eigenvalue weighted by molar-refractivity contribution is -0.152. The van der Waals surface area contributed by atoms with Crippen LogP contribution in [0.15, 0.2) is 60.7 Å². The van der Waals surface area contributed by atoms with Crippen molar-refractivity contribution < 1.29 is 58.5 Å². The summed E-state index contributed by atoms with van der Waals surface area (Å²) < 4.78 is 0. The van der Waals surface area contributed by atoms with Gasteiger partial charge in [0.1, 0.15) is 36.3 Å². The molecule has 0 bridgehead atoms. The third kappa shape index (κ3) is 17.0. The number of carboxylic acids is 1. The lowest BCUT2D eigenvalue weighted by Crippen LogP contribution is -2.59. The Hall–Kier alpha value is -6.41. The monoisotopic (exact) mass is 965 g/mol. The molecule has 9 N–H and O–H groups in total. The maximum Gasteiger partial charge on any atom is 0.326 e. The number of carbonyl (C=O) groups excluding carboxylic acids is 8. The number of likely N-dealkylation sites (tertiary alicyclic amines) is 1. The van der Waals surface area contributed by atoms with E-state index in [1.807, 2.05) is 0 Å². The average molecular weight is 965 g/mol. The highest BCUT2D eigenvalue weighted by Gasteiger charge is 2.40. The first-order valence-corrected chi connectivity index (χ1v) is 23.6. The molecule has 20 nitrogen and oxygen atoms in total. The summed E-state index contributed by atoms with van der Waals surface area (Å²) in [6, 6.07) is 10.7. The van der Waals surface area contributed by atoms with E-state index < -0.39 is 126 Å². The molecule has 10 atom stereocenters. The number of aliphatic hydroxyl groups excluding tert-OH is 2. The molecule has 1 heterocycles. The first-order valence-electron chi connectivity index (χ1n) is 23.6. The Morgan fingerprint density at radius 3 is 1.84 bits per heavy atom. The van der Waals surface area contributed by atoms with E-state index in [9.17, 15) is 58.5 Å². The van der Waals surface area contributed by atoms with E-state index in [-0.39, 0.29) is 38.6 Å². The molecule has 8 amide bonds. The van der Waals surface area contributed by atoms with Gasteiger partial charge in [-0.3, -0.25) is 38.4 Å². The van der Waals surface area contributed by atoms with Crippen LogP contribution >= 0.6 is 0 Å². The number of primary amides is 1. The van der Waals surface area contributed by atoms with Gasteiger partial charge in [-0.25, -0.2) is 4.79 Å². The van der Waals surface area contributed by atoms with Gasteiger partial charge in [0.2, 0.25) is 47.3 Å². The Morgan fingerprint density at radius 1 is 0.739 bits per heavy atom. The second-order valence-electron chi connectivity index (χ2n) is 18.0. The summed E-state index contributed by atoms with van der Waals surface area (Å²) in [6.07, 6.45) is -2.42. The quantitative estimate of drug-likeness (QED) is 0.0599. The van der Waals surface area contributed by atoms with Crippen LogP contribution in [0.25, 0.3) is 0 Å². The fourth-order valence-electron chi connectivity index (χ4n) is 8.08. The molecule has 0 aliphatic carbocycles. The third-order valence-electron chi connectivity index (χ3n) is 12.9. The number of likely N-dealkylation sites (N-methyl/N-ethyl adjacent to an activating group) is 2. The molecule has 0 spiro atoms. The van der Waals surface area contributed by atoms with Crippen molar-refractivity contribution in [3.8, 4) is 0 Å². The van der Waals surface area contributed by atoms with Crippen molar-refractivity contribution in [1.29, 1.82) is 0 Å². The molecule has 2 aromatic rings. The normalized spacial score (nSPS) is 17.3. The lowest BCUT2D eigenvalue weighted by atomic mass is 9.95. The van der Waals surface area contributed by atoms with Gasteiger partial charge in [0.25, 0.3) is 0 Å². The van der Waals surface area contributed by atoms with Crippen molar-refractivity contribution in [2.75, 3.05) is 27.2 Å². The smallest absolute Gasteiger partial charge is 0.326 e. The van der Waals surface area contributed by atoms with Crippen LogP contribution in [0, 0.1) is 11.8 Å². The van der Waals surface area contributed by atoms with Crippen LogP contribution in [0.5, 0.6) is 0 Å². The number of amides is 8. The minimum absolute atomic E-state index is 0.00850. The Bertz CT molecular complexity index is 2070. The van der Waals surface area contributed by atoms with Gasteiger partial charge >= 0.3 is 5.97 Å². The summed E-state index contributed by atoms with van der Waals surface area (Å²) in [5, 5.41) is 41.9. The van der Waals surface area contributed by atoms with Gasteiger partial charge < -0.3 is 57.0 Å². The Morgan fingerprint density at radius 2 is 1.30 bits per heavy atom. The van der Waals surface area contributed by atoms with Crippen LogP contribution in [-0.4, -0.2) is 159 Å². The van der Waals surface area contributed by atoms with Gasteiger partial charge in [-0.2, -0.15) is 0 Å². The van der Waals surface area contributed by atoms with Crippen molar-refractivity contribution >= 4 is 53.2 Å². The van der Waals surface area contributed by atoms with Gasteiger partial charge in [0, 0.05) is 33.5 Å². The Kier molecular flexibility index (Phi) is 22.7. The van der Waals surface area contributed by atoms with Crippen molar-refractivity contribution in [1.82, 2.24) is 36.0 Å². The Balaban J connectivity index is 1.81. The first-order chi connectivity index (χ1) is 32.6. The van der Waals surface area contributed by atoms with E-state index in [4.69, 9.17) is 5.73 Å². The lowest BCUT2D eigenvalue weighted by Gasteiger charge is -2.34. The number of hydrogen-bond acceptors (Lipinski definition) is 11. The first kappa shape index (κ1) is 56.9. The summed E-state index contributed by atoms with van der Waals surface area (Å²) in [4.78, 5) is 123. The van der Waals surface area contributed by atoms with E-state index in [0.29, 0.717) is 24.8 Å². The molecule has 1 fully saturated rings. The maximum absolute atomic E-state index is 14.2. The highest BCUT2D eigenvalue weighted by Crippen LogP contribution is 2.22. The number of benzene rings is 2. The zero-order chi connectivity index (χ0) is 51.5. The molecule has 1 saturated heterocycles. The summed E-state index contributed by atoms with van der Waals surface area (Å²) in [5.74, 6) is -7.73. The molecule has 1 aliphatic rings. The summed E-state index contributed by atoms with van der Waals surface area (Å²) >= 11 is 0. The van der Waals surface area contributed by atoms with Crippen LogP contribution < -0.4 is 27.0 Å². The zero-order valence-electron chi connectivity index (χ0n) is 40.8. The summed E-state index contributed by atoms with van der Waals surface area (Å²) in [6.45, 7) is 7.91. The van der Waals surface area contributed by atoms with E-state index in [1.165, 1.54) is 30.8 Å². The van der Waals surface area contributed by atoms with Crippen LogP contribution in [0.3, 0.4) is 0 Å². The molecule has 1 aliphatic heterocycles. The molecule has 0 radical (unpaired) electrons. The molecule has 0 aromatic heterocycles. The second-order valence-corrected chi connectivity index (χ2v) is 18.0. The molecule has 0 saturated carbocycles. The van der Waals surface area contributed by atoms with Crippen molar-refractivity contribution in [2.45, 2.75) is 141 Å². The molecule has 380 valence electrons. The highest BCUT2D eigenvalue weighted by atomic mass is 16.4. The maximum atomic E-state index is 14.2. The van der Waals surface area contributed by atoms with E-state index in [0.717, 1.165) is 10.5 Å². The molecule has 69 heavy (non-hydrogen) atoms. The molecule has 2 aromatic carbocycles. The van der Waals surface area contributed by atoms with Crippen LogP contribution in [0.4, 0.5) is 0 Å². The molecular formula is C49H72N8O12. The second kappa shape index (κ2) is 27.6. The van der Waals surface area contributed by atoms with Crippen molar-refractivity contribution in [2.24, 2.45) is 17.6 Å². The number of nitrogens with zero attached hydrogens (tertiary/aromatic N) is 3. The topological polar surface area (TPSA) is 298 Å². The van der Waals surface area contributed by atoms with E-state index in [2.05, 4.69) is 21.3 Å². The van der Waals surface area contributed by atoms with Crippen LogP contribution in [0.2, 0.25) is 0 Å². The van der Waals surface area contributed by atoms with Crippen LogP contribution in [0.1, 0.15) is 90.7 Å². The average Bonchev–Trinajstić information content (AvgIpc) is 3.83. The van der Waals surface area contributed by atoms with Gasteiger partial charge in [-0.15, -0.1) is 0 Å². The Labute approximate surface area is 404 Å². The SMILES string of the molecule is CC[C@H](C)[C@H](NC(=O)C[C@H](O)[C@H](Cc1ccccc1)NC(=O)[C@H](CCC(N)=O)N(C)C(=O)[C@@H](NC(=O)[C@H](C)O)[C@@H](C)CC)C(=O)NCC(=O)N(C)[C@H](Cc1ccccc1)C(=O)N1CCC[C@H]1C(=O)O. The van der Waals surface area contributed by atoms with Gasteiger partial charge in [0.05, 0.1) is 25.1 Å². The van der Waals surface area contributed by atoms with Crippen molar-refractivity contribution in [3.63, 3.8) is 0 Å². The minimum atomic E-state index is -1.57. The fourth-order valence-corrected chi connectivity index (χ4v) is 8.08. The van der Waals surface area contributed by atoms with Crippen LogP contribution in [-0.2, 0) is 56.0 Å².